The number of phenols is 1. The molecule has 5 aromatic carbocycles. The highest BCUT2D eigenvalue weighted by atomic mass is 32.2. The van der Waals surface area contributed by atoms with E-state index in [0.717, 1.165) is 42.0 Å². The van der Waals surface area contributed by atoms with Gasteiger partial charge in [-0.3, -0.25) is 4.79 Å². The van der Waals surface area contributed by atoms with E-state index < -0.39 is 5.25 Å². The van der Waals surface area contributed by atoms with Crippen molar-refractivity contribution in [2.45, 2.75) is 29.8 Å². The smallest absolute Gasteiger partial charge is 0.180 e. The van der Waals surface area contributed by atoms with Gasteiger partial charge < -0.3 is 24.6 Å². The quantitative estimate of drug-likeness (QED) is 0.0944. The second-order valence-electron chi connectivity index (χ2n) is 11.3. The highest BCUT2D eigenvalue weighted by molar-refractivity contribution is 8.00. The lowest BCUT2D eigenvalue weighted by molar-refractivity contribution is 0.0989. The lowest BCUT2D eigenvalue weighted by Gasteiger charge is -2.19. The van der Waals surface area contributed by atoms with Crippen molar-refractivity contribution in [2.75, 3.05) is 19.7 Å². The minimum absolute atomic E-state index is 0.0792. The van der Waals surface area contributed by atoms with Crippen LogP contribution in [0.1, 0.15) is 38.7 Å². The fraction of sp³-hybridized carbons (Fsp3) is 0.205. The normalized spacial score (nSPS) is 14.8. The molecule has 2 atom stereocenters. The Balaban J connectivity index is 1.21. The fourth-order valence-corrected chi connectivity index (χ4v) is 6.40. The Morgan fingerprint density at radius 1 is 0.739 bits per heavy atom. The van der Waals surface area contributed by atoms with Crippen LogP contribution < -0.4 is 19.5 Å². The van der Waals surface area contributed by atoms with E-state index in [4.69, 9.17) is 14.2 Å². The Kier molecular flexibility index (Phi) is 10.6. The van der Waals surface area contributed by atoms with Crippen molar-refractivity contribution < 1.29 is 24.1 Å². The molecule has 1 fully saturated rings. The van der Waals surface area contributed by atoms with Crippen molar-refractivity contribution in [3.63, 3.8) is 0 Å². The molecule has 5 aromatic rings. The number of ketones is 1. The summed E-state index contributed by atoms with van der Waals surface area (Å²) in [6.07, 6.45) is 1.11. The summed E-state index contributed by atoms with van der Waals surface area (Å²) in [6, 6.07) is 39.9. The van der Waals surface area contributed by atoms with Crippen LogP contribution in [0, 0.1) is 5.92 Å². The number of Topliss-reactive ketones (excluding diaryl/α,β-unsaturated/α-hetero) is 1. The van der Waals surface area contributed by atoms with Crippen LogP contribution in [0.5, 0.6) is 23.0 Å². The van der Waals surface area contributed by atoms with Gasteiger partial charge in [-0.2, -0.15) is 0 Å². The van der Waals surface area contributed by atoms with E-state index in [1.807, 2.05) is 109 Å². The number of rotatable bonds is 14. The molecule has 1 aliphatic heterocycles. The molecule has 0 bridgehead atoms. The van der Waals surface area contributed by atoms with Crippen molar-refractivity contribution in [3.05, 3.63) is 150 Å². The number of carbonyl (C=O) groups excluding carboxylic acids is 1. The molecule has 6 rings (SSSR count). The minimum Gasteiger partial charge on any atom is -0.507 e. The van der Waals surface area contributed by atoms with E-state index in [-0.39, 0.29) is 11.5 Å². The first-order valence-electron chi connectivity index (χ1n) is 15.5. The predicted molar refractivity (Wildman–Crippen MR) is 182 cm³/mol. The highest BCUT2D eigenvalue weighted by Crippen LogP contribution is 2.43. The van der Waals surface area contributed by atoms with Gasteiger partial charge in [0.05, 0.1) is 16.8 Å². The number of carbonyl (C=O) groups is 1. The predicted octanol–water partition coefficient (Wildman–Crippen LogP) is 8.25. The summed E-state index contributed by atoms with van der Waals surface area (Å²) in [7, 11) is 0. The topological polar surface area (TPSA) is 77.0 Å². The average molecular weight is 632 g/mol. The Labute approximate surface area is 274 Å². The maximum Gasteiger partial charge on any atom is 0.180 e. The summed E-state index contributed by atoms with van der Waals surface area (Å²) >= 11 is 1.30. The summed E-state index contributed by atoms with van der Waals surface area (Å²) in [5.41, 5.74) is 3.48. The van der Waals surface area contributed by atoms with Gasteiger partial charge in [-0.25, -0.2) is 0 Å². The number of nitrogens with one attached hydrogen (secondary N) is 1. The Morgan fingerprint density at radius 2 is 1.33 bits per heavy atom. The molecule has 0 radical (unpaired) electrons. The van der Waals surface area contributed by atoms with Crippen molar-refractivity contribution in [2.24, 2.45) is 5.92 Å². The molecule has 2 N–H and O–H groups in total. The average Bonchev–Trinajstić information content (AvgIpc) is 3.64. The molecule has 6 nitrogen and oxygen atoms in total. The SMILES string of the molecule is O=C(c1ccc(OCC2CCNC2)cc1)C(Sc1cc(OCc2ccccc2)ccc1O)c1ccc(OCc2ccccc2)cc1. The van der Waals surface area contributed by atoms with Crippen LogP contribution in [-0.4, -0.2) is 30.6 Å². The van der Waals surface area contributed by atoms with Gasteiger partial charge in [0.25, 0.3) is 0 Å². The largest absolute Gasteiger partial charge is 0.507 e. The van der Waals surface area contributed by atoms with Crippen LogP contribution in [-0.2, 0) is 13.2 Å². The molecule has 1 saturated heterocycles. The van der Waals surface area contributed by atoms with Gasteiger partial charge >= 0.3 is 0 Å². The molecule has 234 valence electrons. The van der Waals surface area contributed by atoms with Crippen LogP contribution in [0.3, 0.4) is 0 Å². The van der Waals surface area contributed by atoms with E-state index >= 15 is 0 Å². The maximum atomic E-state index is 14.1. The Bertz CT molecular complexity index is 1690. The summed E-state index contributed by atoms with van der Waals surface area (Å²) in [5, 5.41) is 13.6. The van der Waals surface area contributed by atoms with Gasteiger partial charge in [0, 0.05) is 18.0 Å². The highest BCUT2D eigenvalue weighted by Gasteiger charge is 2.25. The molecule has 0 amide bonds. The first-order chi connectivity index (χ1) is 22.6. The van der Waals surface area contributed by atoms with Gasteiger partial charge in [-0.1, -0.05) is 72.8 Å². The molecule has 0 saturated carbocycles. The van der Waals surface area contributed by atoms with E-state index in [9.17, 15) is 9.90 Å². The molecular weight excluding hydrogens is 594 g/mol. The number of phenolic OH excluding ortho intramolecular Hbond substituents is 1. The van der Waals surface area contributed by atoms with Crippen LogP contribution >= 0.6 is 11.8 Å². The zero-order valence-corrected chi connectivity index (χ0v) is 26.3. The molecular formula is C39H37NO5S. The summed E-state index contributed by atoms with van der Waals surface area (Å²) in [4.78, 5) is 14.7. The third kappa shape index (κ3) is 8.50. The van der Waals surface area contributed by atoms with Crippen LogP contribution in [0.4, 0.5) is 0 Å². The molecule has 46 heavy (non-hydrogen) atoms. The second-order valence-corrected chi connectivity index (χ2v) is 12.5. The van der Waals surface area contributed by atoms with Crippen molar-refractivity contribution in [3.8, 4) is 23.0 Å². The molecule has 2 unspecified atom stereocenters. The van der Waals surface area contributed by atoms with E-state index in [2.05, 4.69) is 5.32 Å². The lowest BCUT2D eigenvalue weighted by atomic mass is 10.0. The Hall–Kier alpha value is -4.72. The van der Waals surface area contributed by atoms with Crippen molar-refractivity contribution in [1.82, 2.24) is 5.32 Å². The number of benzene rings is 5. The lowest BCUT2D eigenvalue weighted by Crippen LogP contribution is -2.15. The monoisotopic (exact) mass is 631 g/mol. The number of ether oxygens (including phenoxy) is 3. The van der Waals surface area contributed by atoms with Crippen LogP contribution in [0.15, 0.2) is 132 Å². The zero-order valence-electron chi connectivity index (χ0n) is 25.5. The van der Waals surface area contributed by atoms with E-state index in [1.54, 1.807) is 18.2 Å². The number of hydrogen-bond donors (Lipinski definition) is 2. The van der Waals surface area contributed by atoms with Crippen LogP contribution in [0.25, 0.3) is 0 Å². The summed E-state index contributed by atoms with van der Waals surface area (Å²) in [5.74, 6) is 2.57. The molecule has 1 aliphatic rings. The molecule has 7 heteroatoms. The van der Waals surface area contributed by atoms with Crippen molar-refractivity contribution in [1.29, 1.82) is 0 Å². The van der Waals surface area contributed by atoms with E-state index in [1.165, 1.54) is 11.8 Å². The maximum absolute atomic E-state index is 14.1. The summed E-state index contributed by atoms with van der Waals surface area (Å²) in [6.45, 7) is 3.50. The van der Waals surface area contributed by atoms with Gasteiger partial charge in [-0.15, -0.1) is 11.8 Å². The van der Waals surface area contributed by atoms with E-state index in [0.29, 0.717) is 47.7 Å². The fourth-order valence-electron chi connectivity index (χ4n) is 5.24. The zero-order chi connectivity index (χ0) is 31.6. The third-order valence-electron chi connectivity index (χ3n) is 7.88. The number of hydrogen-bond acceptors (Lipinski definition) is 7. The third-order valence-corrected chi connectivity index (χ3v) is 9.18. The molecule has 0 aromatic heterocycles. The first kappa shape index (κ1) is 31.3. The molecule has 0 aliphatic carbocycles. The Morgan fingerprint density at radius 3 is 1.96 bits per heavy atom. The van der Waals surface area contributed by atoms with Gasteiger partial charge in [-0.05, 0) is 84.3 Å². The molecule has 1 heterocycles. The van der Waals surface area contributed by atoms with Crippen LogP contribution in [0.2, 0.25) is 0 Å². The van der Waals surface area contributed by atoms with Gasteiger partial charge in [0.15, 0.2) is 5.78 Å². The second kappa shape index (κ2) is 15.5. The van der Waals surface area contributed by atoms with Gasteiger partial charge in [0.1, 0.15) is 36.2 Å². The summed E-state index contributed by atoms with van der Waals surface area (Å²) < 4.78 is 18.0. The molecule has 0 spiro atoms. The standard InChI is InChI=1S/C39H37NO5S/c41-36-20-19-35(45-26-29-9-5-2-6-10-29)23-37(36)46-39(32-13-17-34(18-14-32)43-25-28-7-3-1-4-8-28)38(42)31-11-15-33(16-12-31)44-27-30-21-22-40-24-30/h1-20,23,30,39-41H,21-22,24-27H2. The van der Waals surface area contributed by atoms with Gasteiger partial charge in [0.2, 0.25) is 0 Å². The van der Waals surface area contributed by atoms with Crippen molar-refractivity contribution >= 4 is 17.5 Å². The number of thioether (sulfide) groups is 1. The number of aromatic hydroxyl groups is 1. The minimum atomic E-state index is -0.630. The first-order valence-corrected chi connectivity index (χ1v) is 16.4.